The molecule has 0 saturated carbocycles. The van der Waals surface area contributed by atoms with Crippen molar-refractivity contribution >= 4 is 16.7 Å². The first-order valence-corrected chi connectivity index (χ1v) is 7.65. The maximum Gasteiger partial charge on any atom is 0.320 e. The summed E-state index contributed by atoms with van der Waals surface area (Å²) in [7, 11) is 0. The standard InChI is InChI=1S/C18H23NO2/c1-2-7-17(18(20)21)19-13-6-11-15-10-5-9-14-8-3-4-12-16(14)15/h3-5,8-10,12,17,19H,2,6-7,11,13H2,1H3,(H,20,21). The number of carbonyl (C=O) groups is 1. The van der Waals surface area contributed by atoms with Gasteiger partial charge in [0.05, 0.1) is 0 Å². The summed E-state index contributed by atoms with van der Waals surface area (Å²) in [5.41, 5.74) is 1.33. The molecule has 0 fully saturated rings. The van der Waals surface area contributed by atoms with Crippen LogP contribution in [-0.4, -0.2) is 23.7 Å². The van der Waals surface area contributed by atoms with Gasteiger partial charge in [-0.25, -0.2) is 0 Å². The van der Waals surface area contributed by atoms with E-state index in [2.05, 4.69) is 47.8 Å². The SMILES string of the molecule is CCCC(NCCCc1cccc2ccccc12)C(=O)O. The van der Waals surface area contributed by atoms with Gasteiger partial charge < -0.3 is 10.4 Å². The molecule has 2 aromatic carbocycles. The Morgan fingerprint density at radius 3 is 2.71 bits per heavy atom. The zero-order valence-electron chi connectivity index (χ0n) is 12.5. The molecule has 0 spiro atoms. The molecule has 0 aliphatic carbocycles. The smallest absolute Gasteiger partial charge is 0.320 e. The number of carboxylic acid groups (broad SMARTS) is 1. The second-order valence-corrected chi connectivity index (χ2v) is 5.38. The van der Waals surface area contributed by atoms with E-state index in [0.29, 0.717) is 6.42 Å². The molecule has 0 bridgehead atoms. The molecule has 0 aliphatic rings. The van der Waals surface area contributed by atoms with Gasteiger partial charge in [0.15, 0.2) is 0 Å². The van der Waals surface area contributed by atoms with Crippen LogP contribution in [0.3, 0.4) is 0 Å². The quantitative estimate of drug-likeness (QED) is 0.728. The lowest BCUT2D eigenvalue weighted by atomic mass is 10.0. The Labute approximate surface area is 126 Å². The van der Waals surface area contributed by atoms with Gasteiger partial charge in [-0.3, -0.25) is 4.79 Å². The molecule has 2 aromatic rings. The molecule has 112 valence electrons. The van der Waals surface area contributed by atoms with Gasteiger partial charge in [-0.05, 0) is 42.1 Å². The van der Waals surface area contributed by atoms with Crippen LogP contribution in [-0.2, 0) is 11.2 Å². The van der Waals surface area contributed by atoms with Crippen LogP contribution in [0.25, 0.3) is 10.8 Å². The summed E-state index contributed by atoms with van der Waals surface area (Å²) >= 11 is 0. The fraction of sp³-hybridized carbons (Fsp3) is 0.389. The maximum atomic E-state index is 11.1. The molecule has 0 heterocycles. The summed E-state index contributed by atoms with van der Waals surface area (Å²) < 4.78 is 0. The third-order valence-electron chi connectivity index (χ3n) is 3.77. The number of hydrogen-bond donors (Lipinski definition) is 2. The number of rotatable bonds is 8. The van der Waals surface area contributed by atoms with Crippen molar-refractivity contribution in [3.8, 4) is 0 Å². The molecule has 3 heteroatoms. The van der Waals surface area contributed by atoms with Crippen molar-refractivity contribution in [1.82, 2.24) is 5.32 Å². The zero-order chi connectivity index (χ0) is 15.1. The molecule has 0 amide bonds. The second-order valence-electron chi connectivity index (χ2n) is 5.38. The van der Waals surface area contributed by atoms with Gasteiger partial charge in [-0.2, -0.15) is 0 Å². The molecular formula is C18H23NO2. The van der Waals surface area contributed by atoms with Crippen molar-refractivity contribution in [2.75, 3.05) is 6.54 Å². The minimum atomic E-state index is -0.748. The largest absolute Gasteiger partial charge is 0.480 e. The van der Waals surface area contributed by atoms with E-state index in [-0.39, 0.29) is 0 Å². The highest BCUT2D eigenvalue weighted by Gasteiger charge is 2.14. The van der Waals surface area contributed by atoms with Crippen molar-refractivity contribution in [2.24, 2.45) is 0 Å². The number of nitrogens with one attached hydrogen (secondary N) is 1. The number of fused-ring (bicyclic) bond motifs is 1. The summed E-state index contributed by atoms with van der Waals surface area (Å²) in [6, 6.07) is 14.3. The summed E-state index contributed by atoms with van der Waals surface area (Å²) in [6.07, 6.45) is 3.48. The van der Waals surface area contributed by atoms with E-state index in [1.807, 2.05) is 6.92 Å². The minimum Gasteiger partial charge on any atom is -0.480 e. The van der Waals surface area contributed by atoms with Gasteiger partial charge in [-0.1, -0.05) is 55.8 Å². The third kappa shape index (κ3) is 4.30. The van der Waals surface area contributed by atoms with E-state index < -0.39 is 12.0 Å². The van der Waals surface area contributed by atoms with Crippen molar-refractivity contribution in [3.63, 3.8) is 0 Å². The van der Waals surface area contributed by atoms with Gasteiger partial charge in [0.2, 0.25) is 0 Å². The summed E-state index contributed by atoms with van der Waals surface area (Å²) in [4.78, 5) is 11.1. The predicted octanol–water partition coefficient (Wildman–Crippen LogP) is 3.62. The van der Waals surface area contributed by atoms with Crippen LogP contribution < -0.4 is 5.32 Å². The minimum absolute atomic E-state index is 0.414. The van der Waals surface area contributed by atoms with Gasteiger partial charge in [0.25, 0.3) is 0 Å². The average molecular weight is 285 g/mol. The fourth-order valence-electron chi connectivity index (χ4n) is 2.67. The molecule has 2 rings (SSSR count). The monoisotopic (exact) mass is 285 g/mol. The van der Waals surface area contributed by atoms with Crippen molar-refractivity contribution in [2.45, 2.75) is 38.6 Å². The Morgan fingerprint density at radius 2 is 1.95 bits per heavy atom. The summed E-state index contributed by atoms with van der Waals surface area (Å²) in [5.74, 6) is -0.748. The summed E-state index contributed by atoms with van der Waals surface area (Å²) in [5, 5.41) is 14.8. The number of carboxylic acids is 1. The second kappa shape index (κ2) is 7.79. The lowest BCUT2D eigenvalue weighted by Gasteiger charge is -2.13. The molecule has 0 aromatic heterocycles. The predicted molar refractivity (Wildman–Crippen MR) is 86.6 cm³/mol. The average Bonchev–Trinajstić information content (AvgIpc) is 2.50. The first-order chi connectivity index (χ1) is 10.2. The summed E-state index contributed by atoms with van der Waals surface area (Å²) in [6.45, 7) is 2.74. The Balaban J connectivity index is 1.89. The van der Waals surface area contributed by atoms with E-state index in [4.69, 9.17) is 5.11 Å². The van der Waals surface area contributed by atoms with Crippen molar-refractivity contribution < 1.29 is 9.90 Å². The van der Waals surface area contributed by atoms with E-state index in [1.54, 1.807) is 0 Å². The van der Waals surface area contributed by atoms with E-state index in [1.165, 1.54) is 16.3 Å². The molecule has 0 aliphatic heterocycles. The van der Waals surface area contributed by atoms with Crippen LogP contribution in [0, 0.1) is 0 Å². The van der Waals surface area contributed by atoms with E-state index in [9.17, 15) is 4.79 Å². The van der Waals surface area contributed by atoms with Gasteiger partial charge in [0, 0.05) is 0 Å². The normalized spacial score (nSPS) is 12.4. The van der Waals surface area contributed by atoms with Crippen LogP contribution >= 0.6 is 0 Å². The van der Waals surface area contributed by atoms with Crippen LogP contribution in [0.5, 0.6) is 0 Å². The molecule has 2 N–H and O–H groups in total. The molecule has 0 radical (unpaired) electrons. The third-order valence-corrected chi connectivity index (χ3v) is 3.77. The van der Waals surface area contributed by atoms with Crippen LogP contribution in [0.15, 0.2) is 42.5 Å². The Bertz CT molecular complexity index is 589. The highest BCUT2D eigenvalue weighted by atomic mass is 16.4. The highest BCUT2D eigenvalue weighted by molar-refractivity contribution is 5.85. The Morgan fingerprint density at radius 1 is 1.19 bits per heavy atom. The number of benzene rings is 2. The number of aliphatic carboxylic acids is 1. The van der Waals surface area contributed by atoms with Crippen molar-refractivity contribution in [1.29, 1.82) is 0 Å². The molecular weight excluding hydrogens is 262 g/mol. The molecule has 0 saturated heterocycles. The van der Waals surface area contributed by atoms with Crippen LogP contribution in [0.4, 0.5) is 0 Å². The first-order valence-electron chi connectivity index (χ1n) is 7.65. The first kappa shape index (κ1) is 15.5. The Hall–Kier alpha value is -1.87. The van der Waals surface area contributed by atoms with Gasteiger partial charge >= 0.3 is 5.97 Å². The molecule has 3 nitrogen and oxygen atoms in total. The lowest BCUT2D eigenvalue weighted by Crippen LogP contribution is -2.37. The maximum absolute atomic E-state index is 11.1. The van der Waals surface area contributed by atoms with Gasteiger partial charge in [0.1, 0.15) is 6.04 Å². The van der Waals surface area contributed by atoms with Crippen LogP contribution in [0.2, 0.25) is 0 Å². The van der Waals surface area contributed by atoms with E-state index >= 15 is 0 Å². The van der Waals surface area contributed by atoms with Gasteiger partial charge in [-0.15, -0.1) is 0 Å². The Kier molecular flexibility index (Phi) is 5.76. The lowest BCUT2D eigenvalue weighted by molar-refractivity contribution is -0.139. The van der Waals surface area contributed by atoms with E-state index in [0.717, 1.165) is 25.8 Å². The molecule has 21 heavy (non-hydrogen) atoms. The number of aryl methyl sites for hydroxylation is 1. The fourth-order valence-corrected chi connectivity index (χ4v) is 2.67. The zero-order valence-corrected chi connectivity index (χ0v) is 12.5. The number of hydrogen-bond acceptors (Lipinski definition) is 2. The highest BCUT2D eigenvalue weighted by Crippen LogP contribution is 2.19. The van der Waals surface area contributed by atoms with Crippen molar-refractivity contribution in [3.05, 3.63) is 48.0 Å². The topological polar surface area (TPSA) is 49.3 Å². The molecule has 1 atom stereocenters. The van der Waals surface area contributed by atoms with Crippen LogP contribution in [0.1, 0.15) is 31.7 Å². The molecule has 1 unspecified atom stereocenters.